The zero-order chi connectivity index (χ0) is 16.1. The van der Waals surface area contributed by atoms with Gasteiger partial charge in [-0.15, -0.1) is 0 Å². The van der Waals surface area contributed by atoms with Crippen LogP contribution in [0.1, 0.15) is 26.7 Å². The van der Waals surface area contributed by atoms with Gasteiger partial charge in [0, 0.05) is 12.0 Å². The second kappa shape index (κ2) is 7.47. The Morgan fingerprint density at radius 3 is 2.26 bits per heavy atom. The molecule has 0 saturated carbocycles. The lowest BCUT2D eigenvalue weighted by atomic mass is 10.0. The number of hydrogen-bond donors (Lipinski definition) is 0. The highest BCUT2D eigenvalue weighted by Gasteiger charge is 2.04. The van der Waals surface area contributed by atoms with E-state index in [0.717, 1.165) is 31.8 Å². The summed E-state index contributed by atoms with van der Waals surface area (Å²) in [6.07, 6.45) is 2.35. The lowest BCUT2D eigenvalue weighted by Gasteiger charge is -2.11. The Morgan fingerprint density at radius 1 is 0.783 bits per heavy atom. The van der Waals surface area contributed by atoms with Crippen molar-refractivity contribution in [2.75, 3.05) is 13.2 Å². The van der Waals surface area contributed by atoms with Gasteiger partial charge in [0.2, 0.25) is 0 Å². The Balaban J connectivity index is 1.69. The molecule has 0 aliphatic heterocycles. The molecule has 0 saturated heterocycles. The zero-order valence-corrected chi connectivity index (χ0v) is 13.9. The number of benzene rings is 3. The van der Waals surface area contributed by atoms with Gasteiger partial charge in [0.05, 0.1) is 12.7 Å². The van der Waals surface area contributed by atoms with E-state index in [4.69, 9.17) is 9.47 Å². The predicted molar refractivity (Wildman–Crippen MR) is 97.3 cm³/mol. The summed E-state index contributed by atoms with van der Waals surface area (Å²) in [6, 6.07) is 19.2. The third kappa shape index (κ3) is 4.02. The maximum Gasteiger partial charge on any atom is 0.127 e. The van der Waals surface area contributed by atoms with Crippen LogP contribution in [-0.2, 0) is 4.74 Å². The molecule has 0 amide bonds. The zero-order valence-electron chi connectivity index (χ0n) is 13.9. The smallest absolute Gasteiger partial charge is 0.127 e. The quantitative estimate of drug-likeness (QED) is 0.419. The fourth-order valence-corrected chi connectivity index (χ4v) is 2.77. The van der Waals surface area contributed by atoms with Gasteiger partial charge in [-0.1, -0.05) is 36.4 Å². The number of hydrogen-bond acceptors (Lipinski definition) is 2. The molecule has 3 aromatic rings. The molecule has 3 aromatic carbocycles. The van der Waals surface area contributed by atoms with E-state index in [-0.39, 0.29) is 0 Å². The van der Waals surface area contributed by atoms with Crippen molar-refractivity contribution in [3.63, 3.8) is 0 Å². The first kappa shape index (κ1) is 15.8. The largest absolute Gasteiger partial charge is 0.493 e. The molecule has 0 aromatic heterocycles. The highest BCUT2D eigenvalue weighted by molar-refractivity contribution is 6.00. The summed E-state index contributed by atoms with van der Waals surface area (Å²) < 4.78 is 11.6. The van der Waals surface area contributed by atoms with Crippen LogP contribution in [0.4, 0.5) is 0 Å². The van der Waals surface area contributed by atoms with Crippen LogP contribution < -0.4 is 4.74 Å². The minimum Gasteiger partial charge on any atom is -0.493 e. The molecular formula is C21H24O2. The summed E-state index contributed by atoms with van der Waals surface area (Å²) in [5.74, 6) is 0.970. The fraction of sp³-hybridized carbons (Fsp3) is 0.333. The monoisotopic (exact) mass is 308 g/mol. The van der Waals surface area contributed by atoms with Gasteiger partial charge in [-0.2, -0.15) is 0 Å². The van der Waals surface area contributed by atoms with Crippen LogP contribution in [0.25, 0.3) is 21.5 Å². The molecule has 2 heteroatoms. The average Bonchev–Trinajstić information content (AvgIpc) is 2.56. The van der Waals surface area contributed by atoms with E-state index in [2.05, 4.69) is 68.4 Å². The number of rotatable bonds is 7. The minimum absolute atomic E-state index is 0.308. The van der Waals surface area contributed by atoms with Gasteiger partial charge in [0.15, 0.2) is 0 Å². The van der Waals surface area contributed by atoms with Crippen molar-refractivity contribution >= 4 is 21.5 Å². The van der Waals surface area contributed by atoms with Gasteiger partial charge in [-0.25, -0.2) is 0 Å². The normalized spacial score (nSPS) is 11.4. The van der Waals surface area contributed by atoms with Crippen molar-refractivity contribution in [2.45, 2.75) is 32.8 Å². The lowest BCUT2D eigenvalue weighted by Crippen LogP contribution is -2.05. The van der Waals surface area contributed by atoms with Crippen molar-refractivity contribution in [1.29, 1.82) is 0 Å². The highest BCUT2D eigenvalue weighted by Crippen LogP contribution is 2.30. The Morgan fingerprint density at radius 2 is 1.48 bits per heavy atom. The van der Waals surface area contributed by atoms with E-state index in [0.29, 0.717) is 6.10 Å². The second-order valence-corrected chi connectivity index (χ2v) is 6.15. The van der Waals surface area contributed by atoms with E-state index in [1.807, 2.05) is 0 Å². The van der Waals surface area contributed by atoms with Crippen LogP contribution in [-0.4, -0.2) is 19.3 Å². The molecule has 23 heavy (non-hydrogen) atoms. The van der Waals surface area contributed by atoms with Gasteiger partial charge >= 0.3 is 0 Å². The SMILES string of the molecule is CC(C)OCCCCOc1cccc2cc3ccccc3cc12. The summed E-state index contributed by atoms with van der Waals surface area (Å²) in [4.78, 5) is 0. The molecule has 0 radical (unpaired) electrons. The molecule has 0 bridgehead atoms. The standard InChI is InChI=1S/C21H24O2/c1-16(2)22-12-5-6-13-23-21-11-7-10-19-14-17-8-3-4-9-18(17)15-20(19)21/h3-4,7-11,14-16H,5-6,12-13H2,1-2H3. The van der Waals surface area contributed by atoms with Gasteiger partial charge in [0.25, 0.3) is 0 Å². The molecule has 2 nitrogen and oxygen atoms in total. The van der Waals surface area contributed by atoms with E-state index < -0.39 is 0 Å². The van der Waals surface area contributed by atoms with E-state index in [9.17, 15) is 0 Å². The second-order valence-electron chi connectivity index (χ2n) is 6.15. The van der Waals surface area contributed by atoms with Gasteiger partial charge in [-0.3, -0.25) is 0 Å². The Labute approximate surface area is 138 Å². The summed E-state index contributed by atoms with van der Waals surface area (Å²) >= 11 is 0. The molecule has 0 heterocycles. The van der Waals surface area contributed by atoms with Crippen LogP contribution in [0.15, 0.2) is 54.6 Å². The number of ether oxygens (including phenoxy) is 2. The molecule has 3 rings (SSSR count). The van der Waals surface area contributed by atoms with Crippen molar-refractivity contribution in [2.24, 2.45) is 0 Å². The topological polar surface area (TPSA) is 18.5 Å². The lowest BCUT2D eigenvalue weighted by molar-refractivity contribution is 0.0738. The van der Waals surface area contributed by atoms with Crippen LogP contribution in [0.5, 0.6) is 5.75 Å². The van der Waals surface area contributed by atoms with Crippen LogP contribution in [0.2, 0.25) is 0 Å². The van der Waals surface area contributed by atoms with Crippen LogP contribution in [0, 0.1) is 0 Å². The molecular weight excluding hydrogens is 284 g/mol. The first-order valence-electron chi connectivity index (χ1n) is 8.40. The Hall–Kier alpha value is -2.06. The van der Waals surface area contributed by atoms with Crippen LogP contribution >= 0.6 is 0 Å². The van der Waals surface area contributed by atoms with Crippen molar-refractivity contribution in [3.05, 3.63) is 54.6 Å². The molecule has 120 valence electrons. The highest BCUT2D eigenvalue weighted by atomic mass is 16.5. The summed E-state index contributed by atoms with van der Waals surface area (Å²) in [7, 11) is 0. The fourth-order valence-electron chi connectivity index (χ4n) is 2.77. The van der Waals surface area contributed by atoms with E-state index in [1.165, 1.54) is 21.5 Å². The minimum atomic E-state index is 0.308. The van der Waals surface area contributed by atoms with E-state index >= 15 is 0 Å². The molecule has 0 spiro atoms. The Kier molecular flexibility index (Phi) is 5.14. The molecule has 0 atom stereocenters. The average molecular weight is 308 g/mol. The molecule has 0 unspecified atom stereocenters. The Bertz CT molecular complexity index is 777. The van der Waals surface area contributed by atoms with Crippen LogP contribution in [0.3, 0.4) is 0 Å². The molecule has 0 fully saturated rings. The molecule has 0 aliphatic carbocycles. The summed E-state index contributed by atoms with van der Waals surface area (Å²) in [5, 5.41) is 4.93. The summed E-state index contributed by atoms with van der Waals surface area (Å²) in [6.45, 7) is 5.67. The number of unbranched alkanes of at least 4 members (excludes halogenated alkanes) is 1. The third-order valence-electron chi connectivity index (χ3n) is 3.95. The van der Waals surface area contributed by atoms with Crippen molar-refractivity contribution in [3.8, 4) is 5.75 Å². The van der Waals surface area contributed by atoms with Gasteiger partial charge in [0.1, 0.15) is 5.75 Å². The molecule has 0 aliphatic rings. The van der Waals surface area contributed by atoms with E-state index in [1.54, 1.807) is 0 Å². The first-order chi connectivity index (χ1) is 11.2. The summed E-state index contributed by atoms with van der Waals surface area (Å²) in [5.41, 5.74) is 0. The first-order valence-corrected chi connectivity index (χ1v) is 8.40. The maximum absolute atomic E-state index is 6.02. The van der Waals surface area contributed by atoms with Gasteiger partial charge in [-0.05, 0) is 61.0 Å². The van der Waals surface area contributed by atoms with Crippen molar-refractivity contribution in [1.82, 2.24) is 0 Å². The third-order valence-corrected chi connectivity index (χ3v) is 3.95. The number of fused-ring (bicyclic) bond motifs is 2. The van der Waals surface area contributed by atoms with Crippen molar-refractivity contribution < 1.29 is 9.47 Å². The molecule has 0 N–H and O–H groups in total. The maximum atomic E-state index is 6.02. The van der Waals surface area contributed by atoms with Gasteiger partial charge < -0.3 is 9.47 Å². The predicted octanol–water partition coefficient (Wildman–Crippen LogP) is 5.58.